The van der Waals surface area contributed by atoms with Crippen LogP contribution >= 0.6 is 0 Å². The van der Waals surface area contributed by atoms with Gasteiger partial charge in [0.05, 0.1) is 25.2 Å². The Hall–Kier alpha value is -5.12. The number of carbonyl (C=O) groups excluding carboxylic acids is 1. The van der Waals surface area contributed by atoms with Crippen LogP contribution in [0.2, 0.25) is 0 Å². The van der Waals surface area contributed by atoms with Crippen LogP contribution in [0.5, 0.6) is 0 Å². The summed E-state index contributed by atoms with van der Waals surface area (Å²) in [5.74, 6) is -1.29. The molecule has 8 heteroatoms. The van der Waals surface area contributed by atoms with Gasteiger partial charge in [0.1, 0.15) is 0 Å². The lowest BCUT2D eigenvalue weighted by Crippen LogP contribution is -2.39. The number of nitrogens with one attached hydrogen (secondary N) is 1. The number of aliphatic carboxylic acids is 1. The Kier molecular flexibility index (Phi) is 12.4. The number of nitrogens with zero attached hydrogens (tertiary/aromatic N) is 1. The minimum Gasteiger partial charge on any atom is -0.481 e. The van der Waals surface area contributed by atoms with Gasteiger partial charge in [-0.05, 0) is 38.9 Å². The van der Waals surface area contributed by atoms with Gasteiger partial charge < -0.3 is 25.0 Å². The summed E-state index contributed by atoms with van der Waals surface area (Å²) in [5, 5.41) is 21.4. The molecule has 0 bridgehead atoms. The van der Waals surface area contributed by atoms with Crippen LogP contribution in [0.25, 0.3) is 11.1 Å². The average Bonchev–Trinajstić information content (AvgIpc) is 3.17. The topological polar surface area (TPSA) is 108 Å². The molecule has 0 spiro atoms. The summed E-state index contributed by atoms with van der Waals surface area (Å²) in [6.07, 6.45) is -0.505. The predicted molar refractivity (Wildman–Crippen MR) is 196 cm³/mol. The smallest absolute Gasteiger partial charge is 0.303 e. The van der Waals surface area contributed by atoms with E-state index < -0.39 is 12.3 Å². The largest absolute Gasteiger partial charge is 0.481 e. The highest BCUT2D eigenvalue weighted by Crippen LogP contribution is 2.39. The molecule has 0 aromatic heterocycles. The van der Waals surface area contributed by atoms with Gasteiger partial charge in [-0.15, -0.1) is 0 Å². The van der Waals surface area contributed by atoms with E-state index in [-0.39, 0.29) is 37.6 Å². The van der Waals surface area contributed by atoms with Crippen molar-refractivity contribution in [2.24, 2.45) is 0 Å². The minimum absolute atomic E-state index is 0.0132. The van der Waals surface area contributed by atoms with Crippen molar-refractivity contribution in [2.75, 3.05) is 6.54 Å². The van der Waals surface area contributed by atoms with Gasteiger partial charge in [-0.3, -0.25) is 14.5 Å². The summed E-state index contributed by atoms with van der Waals surface area (Å²) in [5.41, 5.74) is 8.16. The van der Waals surface area contributed by atoms with E-state index in [9.17, 15) is 14.7 Å². The van der Waals surface area contributed by atoms with E-state index in [4.69, 9.17) is 14.6 Å². The van der Waals surface area contributed by atoms with Crippen LogP contribution in [0.15, 0.2) is 133 Å². The normalized spacial score (nSPS) is 17.3. The van der Waals surface area contributed by atoms with Crippen molar-refractivity contribution in [2.45, 2.75) is 64.0 Å². The van der Waals surface area contributed by atoms with Gasteiger partial charge in [0.25, 0.3) is 0 Å². The lowest BCUT2D eigenvalue weighted by molar-refractivity contribution is -0.253. The fourth-order valence-corrected chi connectivity index (χ4v) is 6.47. The van der Waals surface area contributed by atoms with Crippen LogP contribution in [0.3, 0.4) is 0 Å². The van der Waals surface area contributed by atoms with E-state index in [0.717, 1.165) is 46.5 Å². The third-order valence-corrected chi connectivity index (χ3v) is 9.13. The summed E-state index contributed by atoms with van der Waals surface area (Å²) >= 11 is 0. The number of aliphatic hydroxyl groups excluding tert-OH is 1. The molecule has 5 aromatic rings. The average molecular weight is 685 g/mol. The highest BCUT2D eigenvalue weighted by Gasteiger charge is 2.33. The van der Waals surface area contributed by atoms with E-state index in [2.05, 4.69) is 58.7 Å². The van der Waals surface area contributed by atoms with Crippen molar-refractivity contribution in [3.05, 3.63) is 167 Å². The van der Waals surface area contributed by atoms with Crippen molar-refractivity contribution in [1.29, 1.82) is 0 Å². The highest BCUT2D eigenvalue weighted by atomic mass is 16.7. The number of amides is 1. The third-order valence-electron chi connectivity index (χ3n) is 9.13. The Labute approximate surface area is 299 Å². The van der Waals surface area contributed by atoms with Crippen molar-refractivity contribution in [3.63, 3.8) is 0 Å². The van der Waals surface area contributed by atoms with Crippen molar-refractivity contribution < 1.29 is 29.3 Å². The van der Waals surface area contributed by atoms with Gasteiger partial charge in [-0.1, -0.05) is 133 Å². The molecule has 1 fully saturated rings. The first-order valence-electron chi connectivity index (χ1n) is 17.4. The molecule has 1 heterocycles. The van der Waals surface area contributed by atoms with Crippen LogP contribution in [-0.2, 0) is 45.3 Å². The van der Waals surface area contributed by atoms with Gasteiger partial charge in [-0.25, -0.2) is 0 Å². The monoisotopic (exact) mass is 684 g/mol. The number of benzene rings is 5. The molecule has 1 saturated heterocycles. The summed E-state index contributed by atoms with van der Waals surface area (Å²) < 4.78 is 13.4. The zero-order valence-corrected chi connectivity index (χ0v) is 28.6. The summed E-state index contributed by atoms with van der Waals surface area (Å²) in [6.45, 7) is 2.56. The number of carboxylic acid groups (broad SMARTS) is 1. The van der Waals surface area contributed by atoms with Crippen molar-refractivity contribution in [1.82, 2.24) is 10.2 Å². The molecule has 1 aliphatic rings. The Morgan fingerprint density at radius 2 is 1.29 bits per heavy atom. The molecule has 3 N–H and O–H groups in total. The molecule has 1 amide bonds. The first-order chi connectivity index (χ1) is 24.9. The maximum absolute atomic E-state index is 12.2. The van der Waals surface area contributed by atoms with E-state index in [1.165, 1.54) is 11.1 Å². The second-order valence-electron chi connectivity index (χ2n) is 12.9. The van der Waals surface area contributed by atoms with Gasteiger partial charge in [0.2, 0.25) is 5.91 Å². The molecule has 0 saturated carbocycles. The molecule has 6 rings (SSSR count). The molecule has 262 valence electrons. The van der Waals surface area contributed by atoms with E-state index in [1.807, 2.05) is 84.9 Å². The second-order valence-corrected chi connectivity index (χ2v) is 12.9. The van der Waals surface area contributed by atoms with Gasteiger partial charge >= 0.3 is 5.97 Å². The molecule has 3 atom stereocenters. The summed E-state index contributed by atoms with van der Waals surface area (Å²) in [7, 11) is 0. The number of aliphatic hydroxyl groups is 1. The predicted octanol–water partition coefficient (Wildman–Crippen LogP) is 7.57. The fourth-order valence-electron chi connectivity index (χ4n) is 6.47. The van der Waals surface area contributed by atoms with Gasteiger partial charge in [0.15, 0.2) is 6.29 Å². The number of rotatable bonds is 15. The highest BCUT2D eigenvalue weighted by molar-refractivity contribution is 5.80. The van der Waals surface area contributed by atoms with E-state index >= 15 is 0 Å². The maximum atomic E-state index is 12.2. The molecule has 51 heavy (non-hydrogen) atoms. The Morgan fingerprint density at radius 1 is 0.686 bits per heavy atom. The zero-order valence-electron chi connectivity index (χ0n) is 28.6. The van der Waals surface area contributed by atoms with Crippen molar-refractivity contribution in [3.8, 4) is 11.1 Å². The maximum Gasteiger partial charge on any atom is 0.303 e. The number of hydrogen-bond donors (Lipinski definition) is 3. The fraction of sp³-hybridized carbons (Fsp3) is 0.256. The second kappa shape index (κ2) is 17.7. The molecule has 8 nitrogen and oxygen atoms in total. The van der Waals surface area contributed by atoms with Crippen LogP contribution in [0.1, 0.15) is 65.0 Å². The minimum atomic E-state index is -0.995. The number of hydrogen-bond acceptors (Lipinski definition) is 6. The number of carboxylic acids is 1. The van der Waals surface area contributed by atoms with Crippen LogP contribution in [0, 0.1) is 0 Å². The molecule has 5 aromatic carbocycles. The Balaban J connectivity index is 1.22. The lowest BCUT2D eigenvalue weighted by atomic mass is 9.97. The quantitative estimate of drug-likeness (QED) is 0.104. The first kappa shape index (κ1) is 35.7. The zero-order chi connectivity index (χ0) is 35.4. The third kappa shape index (κ3) is 10.2. The van der Waals surface area contributed by atoms with E-state index in [1.54, 1.807) is 0 Å². The molecular formula is C43H44N2O6. The number of carbonyl (C=O) groups is 2. The Morgan fingerprint density at radius 3 is 1.92 bits per heavy atom. The standard InChI is InChI=1S/C43H44N2O6/c46-30-33-15-17-35(18-16-33)40-25-38(29-45(27-31-9-3-1-4-10-31)28-32-11-5-2-6-12-32)50-43(51-40)36-21-19-34(20-22-36)39-14-8-7-13-37(39)26-44-41(47)23-24-42(48)49/h1-22,38,40,43,46H,23-30H2,(H,44,47)(H,48,49)/t38-,40+,43+/m1/s1. The van der Waals surface area contributed by atoms with Crippen molar-refractivity contribution >= 4 is 11.9 Å². The van der Waals surface area contributed by atoms with E-state index in [0.29, 0.717) is 19.5 Å². The number of ether oxygens (including phenoxy) is 2. The molecular weight excluding hydrogens is 640 g/mol. The lowest BCUT2D eigenvalue weighted by Gasteiger charge is -2.38. The van der Waals surface area contributed by atoms with Crippen LogP contribution in [-0.4, -0.2) is 39.6 Å². The van der Waals surface area contributed by atoms with Gasteiger partial charge in [0, 0.05) is 44.6 Å². The molecule has 0 radical (unpaired) electrons. The summed E-state index contributed by atoms with van der Waals surface area (Å²) in [4.78, 5) is 25.5. The van der Waals surface area contributed by atoms with Gasteiger partial charge in [-0.2, -0.15) is 0 Å². The SMILES string of the molecule is O=C(O)CCC(=O)NCc1ccccc1-c1ccc([C@H]2O[C@@H](CN(Cc3ccccc3)Cc3ccccc3)C[C@@H](c3ccc(CO)cc3)O2)cc1. The Bertz CT molecular complexity index is 1810. The summed E-state index contributed by atoms with van der Waals surface area (Å²) in [6, 6.07) is 44.9. The molecule has 0 unspecified atom stereocenters. The molecule has 1 aliphatic heterocycles. The van der Waals surface area contributed by atoms with Crippen LogP contribution < -0.4 is 5.32 Å². The van der Waals surface area contributed by atoms with Crippen LogP contribution in [0.4, 0.5) is 0 Å². The molecule has 0 aliphatic carbocycles. The first-order valence-corrected chi connectivity index (χ1v) is 17.4.